The Balaban J connectivity index is 1.88. The zero-order valence-corrected chi connectivity index (χ0v) is 16.1. The summed E-state index contributed by atoms with van der Waals surface area (Å²) < 4.78 is 35.2. The Morgan fingerprint density at radius 2 is 1.64 bits per heavy atom. The van der Waals surface area contributed by atoms with E-state index in [4.69, 9.17) is 18.5 Å². The van der Waals surface area contributed by atoms with Crippen LogP contribution in [0.5, 0.6) is 0 Å². The van der Waals surface area contributed by atoms with Gasteiger partial charge in [0.2, 0.25) is 0 Å². The molecule has 2 aliphatic heterocycles. The van der Waals surface area contributed by atoms with Crippen molar-refractivity contribution in [2.75, 3.05) is 6.61 Å². The van der Waals surface area contributed by atoms with Crippen molar-refractivity contribution in [1.29, 1.82) is 0 Å². The predicted molar refractivity (Wildman–Crippen MR) is 95.0 cm³/mol. The fourth-order valence-corrected chi connectivity index (χ4v) is 4.84. The third kappa shape index (κ3) is 4.14. The molecule has 2 aliphatic rings. The Morgan fingerprint density at radius 1 is 1.05 bits per heavy atom. The lowest BCUT2D eigenvalue weighted by atomic mass is 9.82. The molecule has 0 aliphatic carbocycles. The van der Waals surface area contributed by atoms with E-state index in [0.717, 1.165) is 0 Å². The van der Waals surface area contributed by atoms with Crippen molar-refractivity contribution in [1.82, 2.24) is 0 Å². The highest BCUT2D eigenvalue weighted by Gasteiger charge is 2.42. The van der Waals surface area contributed by atoms with Gasteiger partial charge in [-0.05, 0) is 18.8 Å². The van der Waals surface area contributed by atoms with Gasteiger partial charge in [0, 0.05) is 17.9 Å². The molecular formula is C13H27B2O5PS. The topological polar surface area (TPSA) is 54.0 Å². The Labute approximate surface area is 140 Å². The van der Waals surface area contributed by atoms with E-state index in [1.807, 2.05) is 21.7 Å². The molecule has 0 aromatic carbocycles. The van der Waals surface area contributed by atoms with Gasteiger partial charge in [-0.1, -0.05) is 33.0 Å². The van der Waals surface area contributed by atoms with Gasteiger partial charge in [-0.2, -0.15) is 0 Å². The van der Waals surface area contributed by atoms with Crippen molar-refractivity contribution in [2.24, 2.45) is 17.8 Å². The highest BCUT2D eigenvalue weighted by atomic mass is 32.7. The van der Waals surface area contributed by atoms with Crippen LogP contribution < -0.4 is 0 Å². The molecule has 22 heavy (non-hydrogen) atoms. The summed E-state index contributed by atoms with van der Waals surface area (Å²) in [6, 6.07) is 0.265. The lowest BCUT2D eigenvalue weighted by Crippen LogP contribution is -2.27. The molecule has 0 radical (unpaired) electrons. The largest absolute Gasteiger partial charge is 0.386 e. The third-order valence-electron chi connectivity index (χ3n) is 5.35. The summed E-state index contributed by atoms with van der Waals surface area (Å²) in [6.45, 7) is 5.05. The molecule has 0 bridgehead atoms. The summed E-state index contributed by atoms with van der Waals surface area (Å²) >= 11 is 4.12. The van der Waals surface area contributed by atoms with Crippen LogP contribution in [-0.4, -0.2) is 52.6 Å². The van der Waals surface area contributed by atoms with Gasteiger partial charge in [0.15, 0.2) is 0 Å². The van der Waals surface area contributed by atoms with Crippen molar-refractivity contribution in [3.8, 4) is 0 Å². The zero-order chi connectivity index (χ0) is 16.7. The minimum Gasteiger partial charge on any atom is -0.381 e. The minimum atomic E-state index is -3.43. The van der Waals surface area contributed by atoms with E-state index in [-0.39, 0.29) is 42.8 Å². The van der Waals surface area contributed by atoms with Crippen molar-refractivity contribution in [2.45, 2.75) is 58.0 Å². The summed E-state index contributed by atoms with van der Waals surface area (Å²) in [5.74, 6) is 0.967. The van der Waals surface area contributed by atoms with Gasteiger partial charge in [-0.15, -0.1) is 0 Å². The quantitative estimate of drug-likeness (QED) is 0.458. The Bertz CT molecular complexity index is 443. The molecule has 0 aromatic rings. The molecule has 126 valence electrons. The first kappa shape index (κ1) is 18.9. The van der Waals surface area contributed by atoms with Crippen molar-refractivity contribution in [3.63, 3.8) is 0 Å². The Hall–Kier alpha value is 0.550. The molecule has 0 spiro atoms. The van der Waals surface area contributed by atoms with Gasteiger partial charge in [0.25, 0.3) is 0 Å². The fourth-order valence-electron chi connectivity index (χ4n) is 3.25. The first-order chi connectivity index (χ1) is 10.1. The fraction of sp³-hybridized carbons (Fsp3) is 1.00. The summed E-state index contributed by atoms with van der Waals surface area (Å²) in [4.78, 5) is 0. The summed E-state index contributed by atoms with van der Waals surface area (Å²) in [7, 11) is 4.05. The summed E-state index contributed by atoms with van der Waals surface area (Å²) in [5.41, 5.74) is 0. The van der Waals surface area contributed by atoms with Crippen molar-refractivity contribution in [3.05, 3.63) is 0 Å². The molecule has 9 atom stereocenters. The SMILES string of the molecule is BC1OC(COP(=O)(S)OC2C(C)OC(B)C2C)C(C)C1C. The molecule has 5 nitrogen and oxygen atoms in total. The average molecular weight is 348 g/mol. The van der Waals surface area contributed by atoms with Gasteiger partial charge in [-0.25, -0.2) is 4.57 Å². The molecule has 2 rings (SSSR count). The smallest absolute Gasteiger partial charge is 0.381 e. The zero-order valence-electron chi connectivity index (χ0n) is 14.3. The van der Waals surface area contributed by atoms with E-state index in [1.54, 1.807) is 0 Å². The van der Waals surface area contributed by atoms with E-state index < -0.39 is 6.80 Å². The number of hydrogen-bond acceptors (Lipinski definition) is 5. The lowest BCUT2D eigenvalue weighted by Gasteiger charge is -2.24. The van der Waals surface area contributed by atoms with Gasteiger partial charge in [0.05, 0.1) is 24.9 Å². The maximum absolute atomic E-state index is 12.5. The second-order valence-electron chi connectivity index (χ2n) is 6.84. The maximum Gasteiger partial charge on any atom is 0.386 e. The van der Waals surface area contributed by atoms with Crippen LogP contribution >= 0.6 is 19.0 Å². The van der Waals surface area contributed by atoms with E-state index in [2.05, 4.69) is 33.9 Å². The molecule has 2 saturated heterocycles. The normalized spacial score (nSPS) is 48.4. The van der Waals surface area contributed by atoms with Crippen LogP contribution in [0.25, 0.3) is 0 Å². The average Bonchev–Trinajstić information content (AvgIpc) is 2.81. The molecule has 2 heterocycles. The first-order valence-corrected chi connectivity index (χ1v) is 10.8. The van der Waals surface area contributed by atoms with E-state index in [1.165, 1.54) is 0 Å². The van der Waals surface area contributed by atoms with Crippen LogP contribution in [0.15, 0.2) is 0 Å². The Morgan fingerprint density at radius 3 is 2.09 bits per heavy atom. The second kappa shape index (κ2) is 7.20. The highest BCUT2D eigenvalue weighted by molar-refractivity contribution is 8.44. The minimum absolute atomic E-state index is 0.0670. The summed E-state index contributed by atoms with van der Waals surface area (Å²) in [5, 5.41) is 0. The summed E-state index contributed by atoms with van der Waals surface area (Å²) in [6.07, 6.45) is -0.448. The van der Waals surface area contributed by atoms with Gasteiger partial charge in [-0.3, -0.25) is 9.05 Å². The maximum atomic E-state index is 12.5. The molecule has 0 aromatic heterocycles. The Kier molecular flexibility index (Phi) is 6.18. The van der Waals surface area contributed by atoms with Crippen molar-refractivity contribution < 1.29 is 23.1 Å². The lowest BCUT2D eigenvalue weighted by molar-refractivity contribution is 0.0208. The molecule has 9 heteroatoms. The third-order valence-corrected chi connectivity index (χ3v) is 6.97. The monoisotopic (exact) mass is 348 g/mol. The van der Waals surface area contributed by atoms with Gasteiger partial charge < -0.3 is 9.47 Å². The van der Waals surface area contributed by atoms with Gasteiger partial charge >= 0.3 is 6.80 Å². The van der Waals surface area contributed by atoms with Crippen LogP contribution in [0.3, 0.4) is 0 Å². The van der Waals surface area contributed by atoms with Crippen molar-refractivity contribution >= 4 is 34.7 Å². The molecule has 0 N–H and O–H groups in total. The molecule has 2 fully saturated rings. The number of rotatable bonds is 5. The van der Waals surface area contributed by atoms with E-state index >= 15 is 0 Å². The molecule has 0 amide bonds. The van der Waals surface area contributed by atoms with E-state index in [0.29, 0.717) is 11.8 Å². The standard InChI is InChI=1S/C13H27B2O5PS/c1-6-7(2)12(14)19-10(6)5-17-21(16,22)20-11-8(3)13(15)18-9(11)4/h6-13H,5,14-15H2,1-4H3,(H,16,22). The number of thiol groups is 1. The number of hydrogen-bond donors (Lipinski definition) is 1. The van der Waals surface area contributed by atoms with E-state index in [9.17, 15) is 4.57 Å². The second-order valence-corrected chi connectivity index (χ2v) is 9.71. The molecule has 9 unspecified atom stereocenters. The van der Waals surface area contributed by atoms with Crippen LogP contribution in [0.4, 0.5) is 0 Å². The molecular weight excluding hydrogens is 321 g/mol. The first-order valence-electron chi connectivity index (χ1n) is 8.09. The van der Waals surface area contributed by atoms with Crippen LogP contribution in [0.1, 0.15) is 27.7 Å². The highest BCUT2D eigenvalue weighted by Crippen LogP contribution is 2.56. The van der Waals surface area contributed by atoms with Crippen LogP contribution in [-0.2, 0) is 23.1 Å². The van der Waals surface area contributed by atoms with Gasteiger partial charge in [0.1, 0.15) is 15.7 Å². The number of ether oxygens (including phenoxy) is 2. The predicted octanol–water partition coefficient (Wildman–Crippen LogP) is 1.07. The van der Waals surface area contributed by atoms with Crippen LogP contribution in [0, 0.1) is 17.8 Å². The van der Waals surface area contributed by atoms with Crippen LogP contribution in [0.2, 0.25) is 0 Å². The molecule has 0 saturated carbocycles.